The number of carbonyl (C=O) groups is 3. The van der Waals surface area contributed by atoms with E-state index in [-0.39, 0.29) is 23.0 Å². The zero-order valence-corrected chi connectivity index (χ0v) is 18.1. The minimum absolute atomic E-state index is 0.0818. The fraction of sp³-hybridized carbons (Fsp3) is 0.227. The van der Waals surface area contributed by atoms with Crippen LogP contribution in [0.3, 0.4) is 0 Å². The summed E-state index contributed by atoms with van der Waals surface area (Å²) >= 11 is 0.689. The Morgan fingerprint density at radius 3 is 2.62 bits per heavy atom. The molecule has 0 radical (unpaired) electrons. The monoisotopic (exact) mass is 462 g/mol. The molecule has 1 fully saturated rings. The number of thioether (sulfide) groups is 1. The lowest BCUT2D eigenvalue weighted by Gasteiger charge is -2.13. The van der Waals surface area contributed by atoms with Gasteiger partial charge in [0.2, 0.25) is 5.91 Å². The van der Waals surface area contributed by atoms with Crippen molar-refractivity contribution in [3.05, 3.63) is 58.5 Å². The maximum absolute atomic E-state index is 12.7. The first-order valence-corrected chi connectivity index (χ1v) is 10.4. The van der Waals surface area contributed by atoms with Crippen molar-refractivity contribution in [1.82, 2.24) is 4.90 Å². The molecule has 1 aliphatic heterocycles. The summed E-state index contributed by atoms with van der Waals surface area (Å²) < 4.78 is 34.9. The lowest BCUT2D eigenvalue weighted by molar-refractivity contribution is -0.127. The number of halogens is 2. The van der Waals surface area contributed by atoms with E-state index in [1.165, 1.54) is 24.3 Å². The maximum Gasteiger partial charge on any atom is 0.387 e. The molecule has 3 rings (SSSR count). The summed E-state index contributed by atoms with van der Waals surface area (Å²) in [6.45, 7) is 0.290. The molecule has 1 N–H and O–H groups in total. The molecule has 7 nitrogen and oxygen atoms in total. The van der Waals surface area contributed by atoms with E-state index in [2.05, 4.69) is 10.1 Å². The maximum atomic E-state index is 12.7. The zero-order chi connectivity index (χ0) is 23.3. The quantitative estimate of drug-likeness (QED) is 0.574. The van der Waals surface area contributed by atoms with Crippen molar-refractivity contribution in [3.8, 4) is 11.5 Å². The van der Waals surface area contributed by atoms with Crippen LogP contribution in [-0.4, -0.2) is 41.7 Å². The molecular formula is C22H20F2N2O5S. The number of hydrogen-bond acceptors (Lipinski definition) is 6. The highest BCUT2D eigenvalue weighted by Crippen LogP contribution is 2.35. The van der Waals surface area contributed by atoms with E-state index in [4.69, 9.17) is 4.74 Å². The number of ether oxygens (including phenoxy) is 2. The summed E-state index contributed by atoms with van der Waals surface area (Å²) in [5, 5.41) is 2.10. The minimum Gasteiger partial charge on any atom is -0.490 e. The van der Waals surface area contributed by atoms with Gasteiger partial charge in [0.1, 0.15) is 6.54 Å². The summed E-state index contributed by atoms with van der Waals surface area (Å²) in [6.07, 6.45) is 1.43. The van der Waals surface area contributed by atoms with Crippen molar-refractivity contribution in [2.75, 3.05) is 18.5 Å². The van der Waals surface area contributed by atoms with Gasteiger partial charge in [-0.15, -0.1) is 0 Å². The molecule has 0 saturated carbocycles. The Balaban J connectivity index is 1.74. The lowest BCUT2D eigenvalue weighted by atomic mass is 10.2. The van der Waals surface area contributed by atoms with E-state index >= 15 is 0 Å². The van der Waals surface area contributed by atoms with Gasteiger partial charge in [0, 0.05) is 5.69 Å². The van der Waals surface area contributed by atoms with E-state index in [1.807, 2.05) is 19.1 Å². The fourth-order valence-electron chi connectivity index (χ4n) is 2.91. The predicted octanol–water partition coefficient (Wildman–Crippen LogP) is 4.67. The highest BCUT2D eigenvalue weighted by molar-refractivity contribution is 8.18. The van der Waals surface area contributed by atoms with Crippen LogP contribution >= 0.6 is 11.8 Å². The Bertz CT molecular complexity index is 1070. The third-order valence-corrected chi connectivity index (χ3v) is 5.28. The number of imide groups is 1. The smallest absolute Gasteiger partial charge is 0.387 e. The van der Waals surface area contributed by atoms with Crippen LogP contribution in [0.4, 0.5) is 19.3 Å². The van der Waals surface area contributed by atoms with Gasteiger partial charge in [0.25, 0.3) is 11.1 Å². The van der Waals surface area contributed by atoms with Crippen LogP contribution in [0.2, 0.25) is 0 Å². The number of hydrogen-bond donors (Lipinski definition) is 1. The van der Waals surface area contributed by atoms with Crippen molar-refractivity contribution < 1.29 is 32.6 Å². The molecule has 1 heterocycles. The van der Waals surface area contributed by atoms with Gasteiger partial charge >= 0.3 is 6.61 Å². The summed E-state index contributed by atoms with van der Waals surface area (Å²) in [7, 11) is 0. The van der Waals surface area contributed by atoms with Gasteiger partial charge in [0.15, 0.2) is 11.5 Å². The van der Waals surface area contributed by atoms with E-state index in [0.29, 0.717) is 23.0 Å². The number of rotatable bonds is 8. The van der Waals surface area contributed by atoms with Crippen molar-refractivity contribution in [2.45, 2.75) is 20.5 Å². The Morgan fingerprint density at radius 1 is 1.19 bits per heavy atom. The fourth-order valence-corrected chi connectivity index (χ4v) is 3.75. The van der Waals surface area contributed by atoms with Gasteiger partial charge < -0.3 is 14.8 Å². The largest absolute Gasteiger partial charge is 0.490 e. The van der Waals surface area contributed by atoms with Gasteiger partial charge in [-0.2, -0.15) is 8.78 Å². The van der Waals surface area contributed by atoms with Crippen molar-refractivity contribution in [1.29, 1.82) is 0 Å². The van der Waals surface area contributed by atoms with Crippen molar-refractivity contribution in [3.63, 3.8) is 0 Å². The molecule has 3 amide bonds. The normalized spacial score (nSPS) is 14.9. The molecule has 0 aliphatic carbocycles. The van der Waals surface area contributed by atoms with E-state index in [9.17, 15) is 23.2 Å². The summed E-state index contributed by atoms with van der Waals surface area (Å²) in [6, 6.07) is 11.3. The first kappa shape index (κ1) is 23.3. The molecule has 0 spiro atoms. The van der Waals surface area contributed by atoms with Crippen molar-refractivity contribution >= 4 is 40.6 Å². The molecule has 168 valence electrons. The molecule has 0 unspecified atom stereocenters. The van der Waals surface area contributed by atoms with E-state index in [1.54, 1.807) is 19.1 Å². The Morgan fingerprint density at radius 2 is 1.94 bits per heavy atom. The third kappa shape index (κ3) is 5.64. The van der Waals surface area contributed by atoms with Crippen LogP contribution in [0.25, 0.3) is 6.08 Å². The first-order chi connectivity index (χ1) is 15.3. The number of alkyl halides is 2. The Labute approximate surface area is 187 Å². The average molecular weight is 462 g/mol. The number of para-hydroxylation sites is 1. The topological polar surface area (TPSA) is 84.9 Å². The molecule has 0 atom stereocenters. The first-order valence-electron chi connectivity index (χ1n) is 9.61. The standard InChI is InChI=1S/C22H20F2N2O5S/c1-3-30-17-10-14(8-9-16(17)31-21(23)24)11-18-20(28)26(22(29)32-18)12-19(27)25-15-7-5-4-6-13(15)2/h4-11,21H,3,12H2,1-2H3,(H,25,27)/b18-11-. The highest BCUT2D eigenvalue weighted by atomic mass is 32.2. The van der Waals surface area contributed by atoms with E-state index < -0.39 is 30.2 Å². The molecule has 32 heavy (non-hydrogen) atoms. The second kappa shape index (κ2) is 10.3. The van der Waals surface area contributed by atoms with Gasteiger partial charge in [0.05, 0.1) is 11.5 Å². The number of amides is 3. The SMILES string of the molecule is CCOc1cc(/C=C2\SC(=O)N(CC(=O)Nc3ccccc3C)C2=O)ccc1OC(F)F. The number of anilines is 1. The minimum atomic E-state index is -3.01. The van der Waals surface area contributed by atoms with Gasteiger partial charge in [-0.05, 0) is 61.0 Å². The number of carbonyl (C=O) groups excluding carboxylic acids is 3. The van der Waals surface area contributed by atoms with E-state index in [0.717, 1.165) is 10.5 Å². The third-order valence-electron chi connectivity index (χ3n) is 4.38. The Hall–Kier alpha value is -3.40. The molecule has 1 saturated heterocycles. The highest BCUT2D eigenvalue weighted by Gasteiger charge is 2.36. The number of nitrogens with zero attached hydrogens (tertiary/aromatic N) is 1. The molecular weight excluding hydrogens is 442 g/mol. The predicted molar refractivity (Wildman–Crippen MR) is 117 cm³/mol. The second-order valence-electron chi connectivity index (χ2n) is 6.65. The van der Waals surface area contributed by atoms with Crippen LogP contribution in [0, 0.1) is 6.92 Å². The molecule has 10 heteroatoms. The van der Waals surface area contributed by atoms with Gasteiger partial charge in [-0.1, -0.05) is 24.3 Å². The molecule has 0 bridgehead atoms. The average Bonchev–Trinajstić information content (AvgIpc) is 2.99. The zero-order valence-electron chi connectivity index (χ0n) is 17.3. The van der Waals surface area contributed by atoms with Crippen molar-refractivity contribution in [2.24, 2.45) is 0 Å². The molecule has 2 aromatic rings. The van der Waals surface area contributed by atoms with Gasteiger partial charge in [-0.3, -0.25) is 19.3 Å². The van der Waals surface area contributed by atoms with Crippen LogP contribution in [0.1, 0.15) is 18.1 Å². The molecule has 0 aromatic heterocycles. The van der Waals surface area contributed by atoms with Crippen LogP contribution in [0.5, 0.6) is 11.5 Å². The van der Waals surface area contributed by atoms with Crippen LogP contribution in [0.15, 0.2) is 47.4 Å². The summed E-state index contributed by atoms with van der Waals surface area (Å²) in [4.78, 5) is 38.3. The summed E-state index contributed by atoms with van der Waals surface area (Å²) in [5.74, 6) is -1.18. The summed E-state index contributed by atoms with van der Waals surface area (Å²) in [5.41, 5.74) is 1.89. The van der Waals surface area contributed by atoms with Crippen LogP contribution < -0.4 is 14.8 Å². The van der Waals surface area contributed by atoms with Gasteiger partial charge in [-0.25, -0.2) is 0 Å². The molecule has 2 aromatic carbocycles. The number of aryl methyl sites for hydroxylation is 1. The molecule has 1 aliphatic rings. The number of nitrogens with one attached hydrogen (secondary N) is 1. The second-order valence-corrected chi connectivity index (χ2v) is 7.64. The Kier molecular flexibility index (Phi) is 7.47. The number of benzene rings is 2. The van der Waals surface area contributed by atoms with Crippen LogP contribution in [-0.2, 0) is 9.59 Å². The lowest BCUT2D eigenvalue weighted by Crippen LogP contribution is -2.36.